The van der Waals surface area contributed by atoms with Crippen molar-refractivity contribution in [1.82, 2.24) is 5.32 Å². The Morgan fingerprint density at radius 2 is 1.96 bits per heavy atom. The third-order valence-corrected chi connectivity index (χ3v) is 7.69. The third kappa shape index (κ3) is 4.94. The minimum atomic E-state index is -3.70. The summed E-state index contributed by atoms with van der Waals surface area (Å²) in [5.74, 6) is 0.204. The van der Waals surface area contributed by atoms with Gasteiger partial charge in [0, 0.05) is 30.0 Å². The zero-order valence-corrected chi connectivity index (χ0v) is 17.1. The molecule has 1 aliphatic heterocycles. The van der Waals surface area contributed by atoms with E-state index in [0.29, 0.717) is 24.4 Å². The van der Waals surface area contributed by atoms with Crippen LogP contribution in [0, 0.1) is 0 Å². The van der Waals surface area contributed by atoms with Crippen LogP contribution >= 0.6 is 11.8 Å². The predicted octanol–water partition coefficient (Wildman–Crippen LogP) is 2.99. The Morgan fingerprint density at radius 1 is 1.21 bits per heavy atom. The van der Waals surface area contributed by atoms with Gasteiger partial charge in [0.1, 0.15) is 0 Å². The molecular formula is C20H22N2O4S2. The minimum absolute atomic E-state index is 0.109. The van der Waals surface area contributed by atoms with Crippen molar-refractivity contribution in [3.63, 3.8) is 0 Å². The molecule has 0 spiro atoms. The molecule has 2 N–H and O–H groups in total. The van der Waals surface area contributed by atoms with Crippen molar-refractivity contribution in [2.75, 3.05) is 11.1 Å². The number of fused-ring (bicyclic) bond motifs is 1. The van der Waals surface area contributed by atoms with E-state index in [1.54, 1.807) is 6.07 Å². The van der Waals surface area contributed by atoms with Crippen LogP contribution in [0.2, 0.25) is 0 Å². The number of carbonyl (C=O) groups is 2. The number of hydrogen-bond acceptors (Lipinski definition) is 5. The molecule has 1 heterocycles. The quantitative estimate of drug-likeness (QED) is 0.752. The molecule has 6 nitrogen and oxygen atoms in total. The molecule has 8 heteroatoms. The van der Waals surface area contributed by atoms with E-state index < -0.39 is 15.1 Å². The molecule has 2 amide bonds. The molecule has 1 atom stereocenters. The van der Waals surface area contributed by atoms with Crippen molar-refractivity contribution < 1.29 is 18.0 Å². The highest BCUT2D eigenvalue weighted by atomic mass is 32.2. The van der Waals surface area contributed by atoms with Crippen LogP contribution in [0.1, 0.15) is 25.3 Å². The van der Waals surface area contributed by atoms with Crippen molar-refractivity contribution in [2.24, 2.45) is 0 Å². The van der Waals surface area contributed by atoms with Crippen LogP contribution in [0.5, 0.6) is 0 Å². The highest BCUT2D eigenvalue weighted by Crippen LogP contribution is 2.33. The lowest BCUT2D eigenvalue weighted by atomic mass is 10.2. The SMILES string of the molecule is C[C@H](CC(=O)NCc1ccccc1)S(=O)(=O)c1ccc2c(c1)NC(=O)CCS2. The number of hydrogen-bond donors (Lipinski definition) is 2. The smallest absolute Gasteiger partial charge is 0.225 e. The summed E-state index contributed by atoms with van der Waals surface area (Å²) < 4.78 is 25.8. The fraction of sp³-hybridized carbons (Fsp3) is 0.300. The van der Waals surface area contributed by atoms with Gasteiger partial charge >= 0.3 is 0 Å². The van der Waals surface area contributed by atoms with Gasteiger partial charge in [-0.1, -0.05) is 30.3 Å². The molecule has 148 valence electrons. The Bertz CT molecular complexity index is 975. The van der Waals surface area contributed by atoms with Gasteiger partial charge in [-0.3, -0.25) is 9.59 Å². The van der Waals surface area contributed by atoms with Crippen molar-refractivity contribution in [3.8, 4) is 0 Å². The molecule has 2 aromatic carbocycles. The largest absolute Gasteiger partial charge is 0.352 e. The average Bonchev–Trinajstić information content (AvgIpc) is 2.87. The number of anilines is 1. The van der Waals surface area contributed by atoms with Crippen LogP contribution in [0.25, 0.3) is 0 Å². The van der Waals surface area contributed by atoms with Gasteiger partial charge in [-0.15, -0.1) is 11.8 Å². The summed E-state index contributed by atoms with van der Waals surface area (Å²) in [6, 6.07) is 14.2. The summed E-state index contributed by atoms with van der Waals surface area (Å²) in [5, 5.41) is 4.62. The van der Waals surface area contributed by atoms with Gasteiger partial charge in [0.25, 0.3) is 0 Å². The molecule has 0 fully saturated rings. The minimum Gasteiger partial charge on any atom is -0.352 e. The lowest BCUT2D eigenvalue weighted by Gasteiger charge is -2.15. The Kier molecular flexibility index (Phi) is 6.41. The first-order valence-corrected chi connectivity index (χ1v) is 11.5. The molecule has 28 heavy (non-hydrogen) atoms. The van der Waals surface area contributed by atoms with Crippen molar-refractivity contribution in [2.45, 2.75) is 41.4 Å². The Balaban J connectivity index is 1.68. The molecule has 0 bridgehead atoms. The van der Waals surface area contributed by atoms with E-state index in [0.717, 1.165) is 10.5 Å². The maximum Gasteiger partial charge on any atom is 0.225 e. The average molecular weight is 419 g/mol. The molecule has 0 aliphatic carbocycles. The molecule has 2 aromatic rings. The predicted molar refractivity (Wildman–Crippen MR) is 110 cm³/mol. The van der Waals surface area contributed by atoms with Gasteiger partial charge < -0.3 is 10.6 Å². The van der Waals surface area contributed by atoms with E-state index >= 15 is 0 Å². The summed E-state index contributed by atoms with van der Waals surface area (Å²) in [5.41, 5.74) is 1.46. The van der Waals surface area contributed by atoms with Crippen LogP contribution in [0.15, 0.2) is 58.3 Å². The zero-order chi connectivity index (χ0) is 20.1. The van der Waals surface area contributed by atoms with Crippen LogP contribution in [-0.2, 0) is 26.0 Å². The van der Waals surface area contributed by atoms with E-state index in [1.807, 2.05) is 30.3 Å². The van der Waals surface area contributed by atoms with Crippen molar-refractivity contribution >= 4 is 39.1 Å². The van der Waals surface area contributed by atoms with Gasteiger partial charge in [-0.25, -0.2) is 8.42 Å². The number of rotatable bonds is 6. The van der Waals surface area contributed by atoms with E-state index in [9.17, 15) is 18.0 Å². The van der Waals surface area contributed by atoms with Gasteiger partial charge in [-0.05, 0) is 30.7 Å². The fourth-order valence-corrected chi connectivity index (χ4v) is 5.16. The second-order valence-corrected chi connectivity index (χ2v) is 10.1. The molecule has 0 aromatic heterocycles. The Labute approximate surface area is 169 Å². The first-order valence-electron chi connectivity index (χ1n) is 8.97. The molecule has 0 unspecified atom stereocenters. The standard InChI is InChI=1S/C20H22N2O4S2/c1-14(11-20(24)21-13-15-5-3-2-4-6-15)28(25,26)16-7-8-18-17(12-16)22-19(23)9-10-27-18/h2-8,12,14H,9-11,13H2,1H3,(H,21,24)(H,22,23)/t14-/m1/s1. The first kappa shape index (κ1) is 20.4. The topological polar surface area (TPSA) is 92.3 Å². The van der Waals surface area contributed by atoms with E-state index in [-0.39, 0.29) is 23.1 Å². The lowest BCUT2D eigenvalue weighted by molar-refractivity contribution is -0.121. The zero-order valence-electron chi connectivity index (χ0n) is 15.5. The van der Waals surface area contributed by atoms with Gasteiger partial charge in [0.05, 0.1) is 15.8 Å². The maximum absolute atomic E-state index is 12.9. The third-order valence-electron chi connectivity index (χ3n) is 4.48. The van der Waals surface area contributed by atoms with Crippen LogP contribution in [-0.4, -0.2) is 31.2 Å². The summed E-state index contributed by atoms with van der Waals surface area (Å²) in [4.78, 5) is 24.9. The number of thioether (sulfide) groups is 1. The second-order valence-electron chi connectivity index (χ2n) is 6.63. The summed E-state index contributed by atoms with van der Waals surface area (Å²) in [6.07, 6.45) is 0.257. The number of carbonyl (C=O) groups excluding carboxylic acids is 2. The summed E-state index contributed by atoms with van der Waals surface area (Å²) in [6.45, 7) is 1.88. The van der Waals surface area contributed by atoms with Crippen LogP contribution in [0.3, 0.4) is 0 Å². The second kappa shape index (κ2) is 8.79. The van der Waals surface area contributed by atoms with Gasteiger partial charge in [0.2, 0.25) is 11.8 Å². The van der Waals surface area contributed by atoms with Crippen LogP contribution < -0.4 is 10.6 Å². The molecule has 0 saturated heterocycles. The fourth-order valence-electron chi connectivity index (χ4n) is 2.85. The summed E-state index contributed by atoms with van der Waals surface area (Å²) in [7, 11) is -3.70. The number of nitrogens with one attached hydrogen (secondary N) is 2. The molecule has 3 rings (SSSR count). The number of sulfone groups is 1. The van der Waals surface area contributed by atoms with E-state index in [1.165, 1.54) is 30.8 Å². The van der Waals surface area contributed by atoms with Crippen molar-refractivity contribution in [3.05, 3.63) is 54.1 Å². The Hall–Kier alpha value is -2.32. The molecule has 0 radical (unpaired) electrons. The monoisotopic (exact) mass is 418 g/mol. The van der Waals surface area contributed by atoms with Crippen LogP contribution in [0.4, 0.5) is 5.69 Å². The Morgan fingerprint density at radius 3 is 2.71 bits per heavy atom. The maximum atomic E-state index is 12.9. The van der Waals surface area contributed by atoms with E-state index in [4.69, 9.17) is 0 Å². The van der Waals surface area contributed by atoms with Gasteiger partial charge in [-0.2, -0.15) is 0 Å². The first-order chi connectivity index (χ1) is 13.4. The molecule has 0 saturated carbocycles. The number of amides is 2. The molecule has 1 aliphatic rings. The van der Waals surface area contributed by atoms with E-state index in [2.05, 4.69) is 10.6 Å². The normalized spacial score (nSPS) is 15.1. The van der Waals surface area contributed by atoms with Crippen molar-refractivity contribution in [1.29, 1.82) is 0 Å². The summed E-state index contributed by atoms with van der Waals surface area (Å²) >= 11 is 1.51. The van der Waals surface area contributed by atoms with Gasteiger partial charge in [0.15, 0.2) is 9.84 Å². The highest BCUT2D eigenvalue weighted by Gasteiger charge is 2.27. The molecular weight excluding hydrogens is 396 g/mol. The lowest BCUT2D eigenvalue weighted by Crippen LogP contribution is -2.29. The highest BCUT2D eigenvalue weighted by molar-refractivity contribution is 7.99. The number of benzene rings is 2.